The van der Waals surface area contributed by atoms with E-state index in [4.69, 9.17) is 0 Å². The molecule has 2 aliphatic rings. The Morgan fingerprint density at radius 1 is 1.09 bits per heavy atom. The Bertz CT molecular complexity index is 709. The van der Waals surface area contributed by atoms with Gasteiger partial charge in [0.25, 0.3) is 5.91 Å². The number of carbonyl (C=O) groups excluding carboxylic acids is 2. The predicted octanol–water partition coefficient (Wildman–Crippen LogP) is 0.391. The van der Waals surface area contributed by atoms with Crippen molar-refractivity contribution in [2.24, 2.45) is 0 Å². The van der Waals surface area contributed by atoms with E-state index in [9.17, 15) is 18.0 Å². The number of amides is 3. The Morgan fingerprint density at radius 2 is 1.68 bits per heavy atom. The first-order chi connectivity index (χ1) is 10.4. The summed E-state index contributed by atoms with van der Waals surface area (Å²) in [4.78, 5) is 25.1. The van der Waals surface area contributed by atoms with E-state index in [0.29, 0.717) is 0 Å². The van der Waals surface area contributed by atoms with Crippen molar-refractivity contribution in [3.63, 3.8) is 0 Å². The number of benzene rings is 1. The molecule has 0 atom stereocenters. The van der Waals surface area contributed by atoms with E-state index in [1.807, 2.05) is 0 Å². The first kappa shape index (κ1) is 15.0. The van der Waals surface area contributed by atoms with Gasteiger partial charge in [-0.2, -0.15) is 4.31 Å². The Kier molecular flexibility index (Phi) is 3.45. The molecule has 7 nitrogen and oxygen atoms in total. The maximum Gasteiger partial charge on any atom is 0.324 e. The number of urea groups is 1. The molecule has 3 amide bonds. The van der Waals surface area contributed by atoms with E-state index >= 15 is 0 Å². The quantitative estimate of drug-likeness (QED) is 0.798. The highest BCUT2D eigenvalue weighted by Gasteiger charge is 2.52. The van der Waals surface area contributed by atoms with Gasteiger partial charge < -0.3 is 5.32 Å². The van der Waals surface area contributed by atoms with Crippen LogP contribution < -0.4 is 5.32 Å². The largest absolute Gasteiger partial charge is 0.324 e. The maximum absolute atomic E-state index is 12.5. The van der Waals surface area contributed by atoms with Crippen LogP contribution in [-0.4, -0.2) is 55.2 Å². The van der Waals surface area contributed by atoms with Crippen LogP contribution in [0.5, 0.6) is 0 Å². The van der Waals surface area contributed by atoms with Crippen molar-refractivity contribution in [1.82, 2.24) is 14.5 Å². The average molecular weight is 323 g/mol. The first-order valence-corrected chi connectivity index (χ1v) is 8.46. The maximum atomic E-state index is 12.5. The van der Waals surface area contributed by atoms with Gasteiger partial charge in [-0.25, -0.2) is 13.2 Å². The molecule has 2 heterocycles. The number of rotatable bonds is 2. The fourth-order valence-corrected chi connectivity index (χ4v) is 4.41. The molecular weight excluding hydrogens is 306 g/mol. The van der Waals surface area contributed by atoms with E-state index < -0.39 is 21.6 Å². The lowest BCUT2D eigenvalue weighted by atomic mass is 9.88. The van der Waals surface area contributed by atoms with Gasteiger partial charge in [0.15, 0.2) is 0 Å². The standard InChI is InChI=1S/C14H17N3O4S/c1-16-12(18)14(15-13(16)19)7-9-17(10-8-14)22(20,21)11-5-3-2-4-6-11/h2-6H,7-10H2,1H3,(H,15,19). The number of hydrogen-bond acceptors (Lipinski definition) is 4. The molecule has 0 unspecified atom stereocenters. The fraction of sp³-hybridized carbons (Fsp3) is 0.429. The average Bonchev–Trinajstić information content (AvgIpc) is 2.73. The van der Waals surface area contributed by atoms with E-state index in [1.165, 1.54) is 11.4 Å². The van der Waals surface area contributed by atoms with Crippen molar-refractivity contribution < 1.29 is 18.0 Å². The van der Waals surface area contributed by atoms with Crippen molar-refractivity contribution in [2.75, 3.05) is 20.1 Å². The van der Waals surface area contributed by atoms with Crippen LogP contribution in [0.2, 0.25) is 0 Å². The molecule has 1 aromatic carbocycles. The van der Waals surface area contributed by atoms with Gasteiger partial charge in [0.05, 0.1) is 4.90 Å². The molecular formula is C14H17N3O4S. The summed E-state index contributed by atoms with van der Waals surface area (Å²) >= 11 is 0. The SMILES string of the molecule is CN1C(=O)NC2(CCN(S(=O)(=O)c3ccccc3)CC2)C1=O. The van der Waals surface area contributed by atoms with Crippen molar-refractivity contribution in [2.45, 2.75) is 23.3 Å². The Hall–Kier alpha value is -1.93. The molecule has 0 radical (unpaired) electrons. The number of carbonyl (C=O) groups is 2. The summed E-state index contributed by atoms with van der Waals surface area (Å²) in [7, 11) is -2.13. The van der Waals surface area contributed by atoms with E-state index in [2.05, 4.69) is 5.32 Å². The van der Waals surface area contributed by atoms with Crippen LogP contribution in [0.1, 0.15) is 12.8 Å². The summed E-state index contributed by atoms with van der Waals surface area (Å²) < 4.78 is 26.5. The summed E-state index contributed by atoms with van der Waals surface area (Å²) in [5.74, 6) is -0.283. The molecule has 1 N–H and O–H groups in total. The monoisotopic (exact) mass is 323 g/mol. The molecule has 3 rings (SSSR count). The minimum Gasteiger partial charge on any atom is -0.323 e. The highest BCUT2D eigenvalue weighted by molar-refractivity contribution is 7.89. The van der Waals surface area contributed by atoms with Gasteiger partial charge in [-0.15, -0.1) is 0 Å². The van der Waals surface area contributed by atoms with E-state index in [1.54, 1.807) is 30.3 Å². The molecule has 0 saturated carbocycles. The normalized spacial score (nSPS) is 22.1. The highest BCUT2D eigenvalue weighted by Crippen LogP contribution is 2.31. The topological polar surface area (TPSA) is 86.8 Å². The summed E-state index contributed by atoms with van der Waals surface area (Å²) in [5.41, 5.74) is -0.950. The van der Waals surface area contributed by atoms with Gasteiger partial charge in [0.2, 0.25) is 10.0 Å². The minimum atomic E-state index is -3.56. The van der Waals surface area contributed by atoms with Gasteiger partial charge in [-0.1, -0.05) is 18.2 Å². The second kappa shape index (κ2) is 5.06. The number of likely N-dealkylation sites (N-methyl/N-ethyl adjacent to an activating group) is 1. The van der Waals surface area contributed by atoms with E-state index in [-0.39, 0.29) is 36.7 Å². The van der Waals surface area contributed by atoms with Crippen molar-refractivity contribution in [3.05, 3.63) is 30.3 Å². The first-order valence-electron chi connectivity index (χ1n) is 7.02. The summed E-state index contributed by atoms with van der Waals surface area (Å²) in [6.07, 6.45) is 0.571. The van der Waals surface area contributed by atoms with Crippen molar-refractivity contribution >= 4 is 22.0 Å². The highest BCUT2D eigenvalue weighted by atomic mass is 32.2. The van der Waals surface area contributed by atoms with E-state index in [0.717, 1.165) is 4.90 Å². The van der Waals surface area contributed by atoms with Crippen molar-refractivity contribution in [3.8, 4) is 0 Å². The molecule has 1 spiro atoms. The van der Waals surface area contributed by atoms with Crippen LogP contribution in [0.25, 0.3) is 0 Å². The Morgan fingerprint density at radius 3 is 2.18 bits per heavy atom. The van der Waals surface area contributed by atoms with Crippen LogP contribution >= 0.6 is 0 Å². The third-order valence-electron chi connectivity index (χ3n) is 4.32. The fourth-order valence-electron chi connectivity index (χ4n) is 2.94. The Labute approximate surface area is 128 Å². The molecule has 0 aromatic heterocycles. The smallest absolute Gasteiger partial charge is 0.323 e. The number of nitrogens with zero attached hydrogens (tertiary/aromatic N) is 2. The van der Waals surface area contributed by atoms with Gasteiger partial charge in [-0.3, -0.25) is 9.69 Å². The van der Waals surface area contributed by atoms with Crippen LogP contribution in [0.15, 0.2) is 35.2 Å². The number of hydrogen-bond donors (Lipinski definition) is 1. The molecule has 0 aliphatic carbocycles. The zero-order valence-corrected chi connectivity index (χ0v) is 13.0. The molecule has 118 valence electrons. The van der Waals surface area contributed by atoms with Crippen LogP contribution in [-0.2, 0) is 14.8 Å². The molecule has 1 aromatic rings. The van der Waals surface area contributed by atoms with Gasteiger partial charge in [-0.05, 0) is 25.0 Å². The summed E-state index contributed by atoms with van der Waals surface area (Å²) in [6.45, 7) is 0.411. The number of sulfonamides is 1. The number of imide groups is 1. The Balaban J connectivity index is 1.78. The van der Waals surface area contributed by atoms with Crippen LogP contribution in [0, 0.1) is 0 Å². The summed E-state index contributed by atoms with van der Waals surface area (Å²) in [5, 5.41) is 2.70. The molecule has 2 saturated heterocycles. The van der Waals surface area contributed by atoms with Crippen LogP contribution in [0.3, 0.4) is 0 Å². The third kappa shape index (κ3) is 2.19. The summed E-state index contributed by atoms with van der Waals surface area (Å²) in [6, 6.07) is 7.78. The molecule has 2 fully saturated rings. The second-order valence-corrected chi connectivity index (χ2v) is 7.53. The molecule has 22 heavy (non-hydrogen) atoms. The zero-order valence-electron chi connectivity index (χ0n) is 12.2. The number of piperidine rings is 1. The third-order valence-corrected chi connectivity index (χ3v) is 6.23. The molecule has 8 heteroatoms. The molecule has 2 aliphatic heterocycles. The van der Waals surface area contributed by atoms with Gasteiger partial charge in [0, 0.05) is 20.1 Å². The van der Waals surface area contributed by atoms with Gasteiger partial charge >= 0.3 is 6.03 Å². The van der Waals surface area contributed by atoms with Crippen LogP contribution in [0.4, 0.5) is 4.79 Å². The lowest BCUT2D eigenvalue weighted by molar-refractivity contribution is -0.131. The zero-order chi connectivity index (χ0) is 16.0. The lowest BCUT2D eigenvalue weighted by Gasteiger charge is -2.36. The minimum absolute atomic E-state index is 0.205. The molecule has 0 bridgehead atoms. The van der Waals surface area contributed by atoms with Gasteiger partial charge in [0.1, 0.15) is 5.54 Å². The predicted molar refractivity (Wildman–Crippen MR) is 78.5 cm³/mol. The lowest BCUT2D eigenvalue weighted by Crippen LogP contribution is -2.55. The van der Waals surface area contributed by atoms with Crippen molar-refractivity contribution in [1.29, 1.82) is 0 Å². The number of nitrogens with one attached hydrogen (secondary N) is 1. The second-order valence-electron chi connectivity index (χ2n) is 5.59.